The Labute approximate surface area is 109 Å². The minimum atomic E-state index is -0.157. The number of nitrogens with two attached hydrogens (primary N) is 1. The van der Waals surface area contributed by atoms with Crippen LogP contribution in [-0.4, -0.2) is 12.6 Å². The van der Waals surface area contributed by atoms with Crippen LogP contribution in [0.15, 0.2) is 18.2 Å². The normalized spacial score (nSPS) is 11.3. The van der Waals surface area contributed by atoms with Crippen LogP contribution in [0.25, 0.3) is 0 Å². The third kappa shape index (κ3) is 4.06. The van der Waals surface area contributed by atoms with Crippen LogP contribution in [0.5, 0.6) is 0 Å². The van der Waals surface area contributed by atoms with Gasteiger partial charge in [-0.05, 0) is 36.0 Å². The lowest BCUT2D eigenvalue weighted by atomic mass is 9.85. The monoisotopic (exact) mass is 249 g/mol. The summed E-state index contributed by atoms with van der Waals surface area (Å²) < 4.78 is 4.90. The average molecular weight is 249 g/mol. The molecule has 0 aliphatic heterocycles. The predicted octanol–water partition coefficient (Wildman–Crippen LogP) is 3.06. The van der Waals surface area contributed by atoms with Gasteiger partial charge in [0.15, 0.2) is 0 Å². The van der Waals surface area contributed by atoms with Crippen LogP contribution in [0.1, 0.15) is 45.2 Å². The largest absolute Gasteiger partial charge is 0.466 e. The smallest absolute Gasteiger partial charge is 0.306 e. The number of hydrogen-bond donors (Lipinski definition) is 1. The summed E-state index contributed by atoms with van der Waals surface area (Å²) in [5.74, 6) is -0.157. The molecule has 0 radical (unpaired) electrons. The highest BCUT2D eigenvalue weighted by Gasteiger charge is 2.16. The maximum absolute atomic E-state index is 11.3. The van der Waals surface area contributed by atoms with Gasteiger partial charge in [0.2, 0.25) is 0 Å². The van der Waals surface area contributed by atoms with Crippen molar-refractivity contribution >= 4 is 11.7 Å². The first kappa shape index (κ1) is 14.6. The van der Waals surface area contributed by atoms with Gasteiger partial charge in [0.25, 0.3) is 0 Å². The molecule has 0 spiro atoms. The number of carbonyl (C=O) groups is 1. The van der Waals surface area contributed by atoms with Gasteiger partial charge >= 0.3 is 5.97 Å². The van der Waals surface area contributed by atoms with E-state index in [1.807, 2.05) is 19.1 Å². The Morgan fingerprint density at radius 2 is 2.00 bits per heavy atom. The van der Waals surface area contributed by atoms with Crippen molar-refractivity contribution in [2.45, 2.75) is 46.0 Å². The minimum absolute atomic E-state index is 0.0454. The van der Waals surface area contributed by atoms with Crippen molar-refractivity contribution in [3.05, 3.63) is 29.3 Å². The molecule has 1 rings (SSSR count). The van der Waals surface area contributed by atoms with Crippen molar-refractivity contribution in [1.29, 1.82) is 0 Å². The summed E-state index contributed by atoms with van der Waals surface area (Å²) in [6, 6.07) is 6.05. The summed E-state index contributed by atoms with van der Waals surface area (Å²) in [6.45, 7) is 8.66. The van der Waals surface area contributed by atoms with E-state index in [4.69, 9.17) is 10.5 Å². The number of nitrogen functional groups attached to an aromatic ring is 1. The topological polar surface area (TPSA) is 52.3 Å². The summed E-state index contributed by atoms with van der Waals surface area (Å²) in [7, 11) is 0. The summed E-state index contributed by atoms with van der Waals surface area (Å²) in [5, 5.41) is 0. The Bertz CT molecular complexity index is 419. The molecule has 0 aromatic heterocycles. The second-order valence-corrected chi connectivity index (χ2v) is 5.48. The maximum Gasteiger partial charge on any atom is 0.306 e. The van der Waals surface area contributed by atoms with Gasteiger partial charge in [0, 0.05) is 12.1 Å². The molecule has 1 aromatic rings. The fourth-order valence-corrected chi connectivity index (χ4v) is 1.93. The molecule has 0 unspecified atom stereocenters. The highest BCUT2D eigenvalue weighted by atomic mass is 16.5. The Balaban J connectivity index is 2.71. The Kier molecular flexibility index (Phi) is 4.76. The molecular formula is C15H23NO2. The van der Waals surface area contributed by atoms with Gasteiger partial charge in [-0.3, -0.25) is 4.79 Å². The summed E-state index contributed by atoms with van der Waals surface area (Å²) >= 11 is 0. The molecule has 3 nitrogen and oxygen atoms in total. The third-order valence-corrected chi connectivity index (χ3v) is 2.85. The molecule has 0 saturated heterocycles. The zero-order valence-electron chi connectivity index (χ0n) is 11.7. The third-order valence-electron chi connectivity index (χ3n) is 2.85. The molecule has 0 amide bonds. The first-order chi connectivity index (χ1) is 8.34. The second-order valence-electron chi connectivity index (χ2n) is 5.48. The van der Waals surface area contributed by atoms with Crippen LogP contribution in [0.3, 0.4) is 0 Å². The van der Waals surface area contributed by atoms with Crippen molar-refractivity contribution in [2.24, 2.45) is 0 Å². The molecule has 0 heterocycles. The lowest BCUT2D eigenvalue weighted by Gasteiger charge is -2.21. The molecule has 18 heavy (non-hydrogen) atoms. The van der Waals surface area contributed by atoms with Gasteiger partial charge in [0.1, 0.15) is 0 Å². The highest BCUT2D eigenvalue weighted by molar-refractivity contribution is 5.69. The van der Waals surface area contributed by atoms with Crippen LogP contribution in [-0.2, 0) is 21.4 Å². The van der Waals surface area contributed by atoms with Crippen LogP contribution in [0, 0.1) is 0 Å². The number of carbonyl (C=O) groups excluding carboxylic acids is 1. The van der Waals surface area contributed by atoms with E-state index in [9.17, 15) is 4.79 Å². The molecule has 1 aromatic carbocycles. The second kappa shape index (κ2) is 5.89. The Morgan fingerprint density at radius 1 is 1.33 bits per heavy atom. The summed E-state index contributed by atoms with van der Waals surface area (Å²) in [6.07, 6.45) is 1.08. The molecule has 0 atom stereocenters. The number of ether oxygens (including phenoxy) is 1. The van der Waals surface area contributed by atoms with E-state index in [0.29, 0.717) is 19.4 Å². The molecule has 2 N–H and O–H groups in total. The van der Waals surface area contributed by atoms with E-state index >= 15 is 0 Å². The number of benzene rings is 1. The standard InChI is InChI=1S/C15H23NO2/c1-5-18-14(17)9-7-11-6-8-12(13(16)10-11)15(2,3)4/h6,8,10H,5,7,9,16H2,1-4H3. The quantitative estimate of drug-likeness (QED) is 0.659. The van der Waals surface area contributed by atoms with Gasteiger partial charge < -0.3 is 10.5 Å². The van der Waals surface area contributed by atoms with Gasteiger partial charge in [-0.25, -0.2) is 0 Å². The van der Waals surface area contributed by atoms with Crippen LogP contribution < -0.4 is 5.73 Å². The van der Waals surface area contributed by atoms with Crippen molar-refractivity contribution in [2.75, 3.05) is 12.3 Å². The number of aryl methyl sites for hydroxylation is 1. The first-order valence-electron chi connectivity index (χ1n) is 6.39. The molecule has 0 bridgehead atoms. The number of anilines is 1. The molecule has 3 heteroatoms. The average Bonchev–Trinajstić information content (AvgIpc) is 2.25. The van der Waals surface area contributed by atoms with Crippen molar-refractivity contribution in [1.82, 2.24) is 0 Å². The number of hydrogen-bond acceptors (Lipinski definition) is 3. The Morgan fingerprint density at radius 3 is 2.50 bits per heavy atom. The molecule has 0 aliphatic carbocycles. The van der Waals surface area contributed by atoms with E-state index in [1.165, 1.54) is 0 Å². The van der Waals surface area contributed by atoms with E-state index < -0.39 is 0 Å². The lowest BCUT2D eigenvalue weighted by Crippen LogP contribution is -2.14. The van der Waals surface area contributed by atoms with Crippen LogP contribution in [0.4, 0.5) is 5.69 Å². The minimum Gasteiger partial charge on any atom is -0.466 e. The summed E-state index contributed by atoms with van der Waals surface area (Å²) in [4.78, 5) is 11.3. The zero-order chi connectivity index (χ0) is 13.8. The first-order valence-corrected chi connectivity index (χ1v) is 6.39. The fraction of sp³-hybridized carbons (Fsp3) is 0.533. The van der Waals surface area contributed by atoms with E-state index in [-0.39, 0.29) is 11.4 Å². The Hall–Kier alpha value is -1.51. The van der Waals surface area contributed by atoms with E-state index in [2.05, 4.69) is 26.8 Å². The van der Waals surface area contributed by atoms with Crippen molar-refractivity contribution in [3.63, 3.8) is 0 Å². The van der Waals surface area contributed by atoms with Crippen molar-refractivity contribution < 1.29 is 9.53 Å². The van der Waals surface area contributed by atoms with Gasteiger partial charge in [-0.1, -0.05) is 32.9 Å². The van der Waals surface area contributed by atoms with Crippen LogP contribution >= 0.6 is 0 Å². The molecule has 0 aliphatic rings. The molecule has 100 valence electrons. The van der Waals surface area contributed by atoms with Gasteiger partial charge in [-0.2, -0.15) is 0 Å². The molecule has 0 fully saturated rings. The van der Waals surface area contributed by atoms with E-state index in [0.717, 1.165) is 16.8 Å². The molecule has 0 saturated carbocycles. The predicted molar refractivity (Wildman–Crippen MR) is 74.5 cm³/mol. The van der Waals surface area contributed by atoms with Crippen LogP contribution in [0.2, 0.25) is 0 Å². The van der Waals surface area contributed by atoms with Gasteiger partial charge in [-0.15, -0.1) is 0 Å². The number of rotatable bonds is 4. The highest BCUT2D eigenvalue weighted by Crippen LogP contribution is 2.28. The molecular weight excluding hydrogens is 226 g/mol. The summed E-state index contributed by atoms with van der Waals surface area (Å²) in [5.41, 5.74) is 9.12. The number of esters is 1. The zero-order valence-corrected chi connectivity index (χ0v) is 11.7. The SMILES string of the molecule is CCOC(=O)CCc1ccc(C(C)(C)C)c(N)c1. The maximum atomic E-state index is 11.3. The lowest BCUT2D eigenvalue weighted by molar-refractivity contribution is -0.143. The van der Waals surface area contributed by atoms with Crippen molar-refractivity contribution in [3.8, 4) is 0 Å². The van der Waals surface area contributed by atoms with Gasteiger partial charge in [0.05, 0.1) is 6.61 Å². The van der Waals surface area contributed by atoms with E-state index in [1.54, 1.807) is 0 Å². The fourth-order valence-electron chi connectivity index (χ4n) is 1.93.